The summed E-state index contributed by atoms with van der Waals surface area (Å²) < 4.78 is 12.0. The van der Waals surface area contributed by atoms with Gasteiger partial charge in [-0.25, -0.2) is 0 Å². The minimum atomic E-state index is -0.234. The lowest BCUT2D eigenvalue weighted by molar-refractivity contribution is -0.118. The van der Waals surface area contributed by atoms with Gasteiger partial charge in [0.25, 0.3) is 5.91 Å². The number of carbonyl (C=O) groups is 1. The van der Waals surface area contributed by atoms with Crippen LogP contribution in [-0.2, 0) is 11.3 Å². The summed E-state index contributed by atoms with van der Waals surface area (Å²) in [4.78, 5) is 12.2. The van der Waals surface area contributed by atoms with Crippen molar-refractivity contribution in [2.24, 2.45) is 0 Å². The average Bonchev–Trinajstić information content (AvgIpc) is 2.74. The maximum Gasteiger partial charge on any atom is 0.262 e. The third-order valence-corrected chi connectivity index (χ3v) is 5.02. The summed E-state index contributed by atoms with van der Waals surface area (Å²) in [7, 11) is 1.58. The van der Waals surface area contributed by atoms with Crippen LogP contribution in [-0.4, -0.2) is 19.6 Å². The van der Waals surface area contributed by atoms with E-state index in [9.17, 15) is 4.79 Å². The van der Waals surface area contributed by atoms with Gasteiger partial charge in [0.05, 0.1) is 7.11 Å². The normalized spacial score (nSPS) is 10.3. The van der Waals surface area contributed by atoms with E-state index in [-0.39, 0.29) is 12.5 Å². The Balaban J connectivity index is 1.62. The molecule has 0 atom stereocenters. The Morgan fingerprint density at radius 2 is 1.69 bits per heavy atom. The van der Waals surface area contributed by atoms with Gasteiger partial charge in [-0.2, -0.15) is 0 Å². The molecule has 3 aromatic carbocycles. The van der Waals surface area contributed by atoms with E-state index in [1.807, 2.05) is 73.7 Å². The monoisotopic (exact) mass is 454 g/mol. The van der Waals surface area contributed by atoms with Crippen LogP contribution in [0.5, 0.6) is 11.5 Å². The molecule has 150 valence electrons. The molecule has 6 heteroatoms. The number of amides is 1. The Bertz CT molecular complexity index is 960. The Morgan fingerprint density at radius 3 is 2.38 bits per heavy atom. The maximum atomic E-state index is 12.2. The topological polar surface area (TPSA) is 59.6 Å². The van der Waals surface area contributed by atoms with Crippen molar-refractivity contribution in [3.05, 3.63) is 82.3 Å². The first-order valence-electron chi connectivity index (χ1n) is 9.20. The Kier molecular flexibility index (Phi) is 7.14. The summed E-state index contributed by atoms with van der Waals surface area (Å²) in [5.41, 5.74) is 3.92. The molecule has 0 bridgehead atoms. The molecule has 1 amide bonds. The van der Waals surface area contributed by atoms with Gasteiger partial charge in [0.1, 0.15) is 0 Å². The van der Waals surface area contributed by atoms with Gasteiger partial charge < -0.3 is 20.1 Å². The predicted molar refractivity (Wildman–Crippen MR) is 120 cm³/mol. The predicted octanol–water partition coefficient (Wildman–Crippen LogP) is 5.40. The maximum absolute atomic E-state index is 12.2. The second kappa shape index (κ2) is 9.98. The molecule has 0 saturated carbocycles. The largest absolute Gasteiger partial charge is 0.493 e. The number of benzene rings is 3. The van der Waals surface area contributed by atoms with Crippen LogP contribution in [0.15, 0.2) is 71.2 Å². The van der Waals surface area contributed by atoms with Gasteiger partial charge >= 0.3 is 0 Å². The van der Waals surface area contributed by atoms with Crippen molar-refractivity contribution in [2.45, 2.75) is 13.5 Å². The number of rotatable bonds is 8. The van der Waals surface area contributed by atoms with Gasteiger partial charge in [0.15, 0.2) is 18.1 Å². The van der Waals surface area contributed by atoms with E-state index in [0.717, 1.165) is 27.0 Å². The number of nitrogens with one attached hydrogen (secondary N) is 2. The second-order valence-corrected chi connectivity index (χ2v) is 7.37. The lowest BCUT2D eigenvalue weighted by atomic mass is 10.2. The van der Waals surface area contributed by atoms with Crippen molar-refractivity contribution in [3.8, 4) is 11.5 Å². The molecule has 29 heavy (non-hydrogen) atoms. The van der Waals surface area contributed by atoms with Crippen molar-refractivity contribution >= 4 is 33.2 Å². The lowest BCUT2D eigenvalue weighted by Crippen LogP contribution is -2.20. The molecule has 0 fully saturated rings. The van der Waals surface area contributed by atoms with Crippen molar-refractivity contribution < 1.29 is 14.3 Å². The highest BCUT2D eigenvalue weighted by molar-refractivity contribution is 9.10. The zero-order valence-corrected chi connectivity index (χ0v) is 18.0. The fourth-order valence-electron chi connectivity index (χ4n) is 2.72. The van der Waals surface area contributed by atoms with E-state index in [0.29, 0.717) is 18.0 Å². The quantitative estimate of drug-likeness (QED) is 0.478. The third-order valence-electron chi connectivity index (χ3n) is 4.28. The van der Waals surface area contributed by atoms with Crippen LogP contribution in [0, 0.1) is 6.92 Å². The first-order chi connectivity index (χ1) is 14.0. The smallest absolute Gasteiger partial charge is 0.262 e. The highest BCUT2D eigenvalue weighted by Crippen LogP contribution is 2.34. The summed E-state index contributed by atoms with van der Waals surface area (Å²) in [6.45, 7) is 2.51. The van der Waals surface area contributed by atoms with E-state index in [2.05, 4.69) is 26.6 Å². The van der Waals surface area contributed by atoms with Crippen LogP contribution < -0.4 is 20.1 Å². The molecule has 5 nitrogen and oxygen atoms in total. The van der Waals surface area contributed by atoms with Crippen LogP contribution in [0.2, 0.25) is 0 Å². The number of hydrogen-bond donors (Lipinski definition) is 2. The molecule has 0 radical (unpaired) electrons. The number of methoxy groups -OCH3 is 1. The standard InChI is InChI=1S/C23H23BrN2O3/c1-16-8-10-19(11-9-16)26-23(27)15-29-22-13-20(24)17(12-21(22)28-2)14-25-18-6-4-3-5-7-18/h3-13,25H,14-15H2,1-2H3,(H,26,27). The molecule has 0 aliphatic heterocycles. The molecule has 0 saturated heterocycles. The molecule has 3 aromatic rings. The Labute approximate surface area is 179 Å². The van der Waals surface area contributed by atoms with Crippen LogP contribution in [0.3, 0.4) is 0 Å². The summed E-state index contributed by atoms with van der Waals surface area (Å²) in [5, 5.41) is 6.18. The summed E-state index contributed by atoms with van der Waals surface area (Å²) in [6.07, 6.45) is 0. The first kappa shape index (κ1) is 20.7. The van der Waals surface area contributed by atoms with E-state index < -0.39 is 0 Å². The zero-order valence-electron chi connectivity index (χ0n) is 16.4. The average molecular weight is 455 g/mol. The number of para-hydroxylation sites is 1. The van der Waals surface area contributed by atoms with E-state index in [1.165, 1.54) is 0 Å². The molecular formula is C23H23BrN2O3. The van der Waals surface area contributed by atoms with E-state index >= 15 is 0 Å². The van der Waals surface area contributed by atoms with Gasteiger partial charge in [-0.1, -0.05) is 51.8 Å². The molecule has 0 spiro atoms. The zero-order chi connectivity index (χ0) is 20.6. The van der Waals surface area contributed by atoms with Gasteiger partial charge in [-0.3, -0.25) is 4.79 Å². The first-order valence-corrected chi connectivity index (χ1v) is 9.99. The van der Waals surface area contributed by atoms with Crippen LogP contribution in [0.1, 0.15) is 11.1 Å². The number of carbonyl (C=O) groups excluding carboxylic acids is 1. The molecule has 0 aromatic heterocycles. The van der Waals surface area contributed by atoms with E-state index in [4.69, 9.17) is 9.47 Å². The molecular weight excluding hydrogens is 432 g/mol. The number of halogens is 1. The van der Waals surface area contributed by atoms with Crippen molar-refractivity contribution in [1.82, 2.24) is 0 Å². The number of aryl methyl sites for hydroxylation is 1. The van der Waals surface area contributed by atoms with Crippen LogP contribution >= 0.6 is 15.9 Å². The second-order valence-electron chi connectivity index (χ2n) is 6.52. The minimum absolute atomic E-state index is 0.113. The molecule has 3 rings (SSSR count). The number of ether oxygens (including phenoxy) is 2. The SMILES string of the molecule is COc1cc(CNc2ccccc2)c(Br)cc1OCC(=O)Nc1ccc(C)cc1. The molecule has 2 N–H and O–H groups in total. The fourth-order valence-corrected chi connectivity index (χ4v) is 3.18. The summed E-state index contributed by atoms with van der Waals surface area (Å²) in [5.74, 6) is 0.838. The minimum Gasteiger partial charge on any atom is -0.493 e. The molecule has 0 heterocycles. The van der Waals surface area contributed by atoms with Crippen molar-refractivity contribution in [1.29, 1.82) is 0 Å². The van der Waals surface area contributed by atoms with Crippen molar-refractivity contribution in [2.75, 3.05) is 24.4 Å². The summed E-state index contributed by atoms with van der Waals surface area (Å²) in [6, 6.07) is 21.3. The third kappa shape index (κ3) is 5.99. The Hall–Kier alpha value is -2.99. The number of hydrogen-bond acceptors (Lipinski definition) is 4. The fraction of sp³-hybridized carbons (Fsp3) is 0.174. The summed E-state index contributed by atoms with van der Waals surface area (Å²) >= 11 is 3.58. The van der Waals surface area contributed by atoms with Crippen LogP contribution in [0.25, 0.3) is 0 Å². The highest BCUT2D eigenvalue weighted by Gasteiger charge is 2.12. The molecule has 0 aliphatic carbocycles. The Morgan fingerprint density at radius 1 is 0.966 bits per heavy atom. The van der Waals surface area contributed by atoms with Gasteiger partial charge in [0.2, 0.25) is 0 Å². The molecule has 0 aliphatic rings. The molecule has 0 unspecified atom stereocenters. The van der Waals surface area contributed by atoms with E-state index in [1.54, 1.807) is 7.11 Å². The van der Waals surface area contributed by atoms with Crippen molar-refractivity contribution in [3.63, 3.8) is 0 Å². The van der Waals surface area contributed by atoms with Gasteiger partial charge in [0, 0.05) is 22.4 Å². The highest BCUT2D eigenvalue weighted by atomic mass is 79.9. The van der Waals surface area contributed by atoms with Gasteiger partial charge in [-0.15, -0.1) is 0 Å². The lowest BCUT2D eigenvalue weighted by Gasteiger charge is -2.15. The van der Waals surface area contributed by atoms with Gasteiger partial charge in [-0.05, 0) is 48.9 Å². The number of anilines is 2. The van der Waals surface area contributed by atoms with Crippen LogP contribution in [0.4, 0.5) is 11.4 Å².